The highest BCUT2D eigenvalue weighted by Gasteiger charge is 2.12. The Morgan fingerprint density at radius 3 is 2.55 bits per heavy atom. The molecule has 0 bridgehead atoms. The van der Waals surface area contributed by atoms with Crippen molar-refractivity contribution in [2.45, 2.75) is 13.3 Å². The van der Waals surface area contributed by atoms with Crippen molar-refractivity contribution in [1.82, 2.24) is 0 Å². The van der Waals surface area contributed by atoms with Crippen molar-refractivity contribution in [2.75, 3.05) is 0 Å². The molecular formula is C20H18. The van der Waals surface area contributed by atoms with E-state index in [4.69, 9.17) is 0 Å². The fourth-order valence-electron chi connectivity index (χ4n) is 3.29. The van der Waals surface area contributed by atoms with Gasteiger partial charge in [0.25, 0.3) is 0 Å². The SMILES string of the molecule is C=C.C=c1ccc2c3c1c(C)cc1cccc(c13)CC=2. The van der Waals surface area contributed by atoms with E-state index in [2.05, 4.69) is 69.1 Å². The van der Waals surface area contributed by atoms with Gasteiger partial charge < -0.3 is 0 Å². The summed E-state index contributed by atoms with van der Waals surface area (Å²) in [4.78, 5) is 0. The van der Waals surface area contributed by atoms with Crippen molar-refractivity contribution in [3.63, 3.8) is 0 Å². The average molecular weight is 258 g/mol. The molecule has 0 radical (unpaired) electrons. The van der Waals surface area contributed by atoms with Crippen LogP contribution in [0, 0.1) is 6.92 Å². The molecule has 0 saturated carbocycles. The predicted molar refractivity (Wildman–Crippen MR) is 90.4 cm³/mol. The number of benzene rings is 3. The van der Waals surface area contributed by atoms with Crippen LogP contribution in [-0.2, 0) is 6.42 Å². The molecule has 0 nitrogen and oxygen atoms in total. The van der Waals surface area contributed by atoms with Crippen LogP contribution < -0.4 is 10.4 Å². The van der Waals surface area contributed by atoms with E-state index in [0.717, 1.165) is 11.6 Å². The first-order valence-electron chi connectivity index (χ1n) is 6.89. The Kier molecular flexibility index (Phi) is 2.94. The van der Waals surface area contributed by atoms with Gasteiger partial charge in [0, 0.05) is 0 Å². The van der Waals surface area contributed by atoms with E-state index in [1.807, 2.05) is 0 Å². The Morgan fingerprint density at radius 1 is 0.950 bits per heavy atom. The summed E-state index contributed by atoms with van der Waals surface area (Å²) in [5.41, 5.74) is 2.77. The Morgan fingerprint density at radius 2 is 1.75 bits per heavy atom. The molecular weight excluding hydrogens is 240 g/mol. The maximum Gasteiger partial charge on any atom is -0.00246 e. The Hall–Kier alpha value is -2.34. The summed E-state index contributed by atoms with van der Waals surface area (Å²) in [5.74, 6) is 0. The third-order valence-corrected chi connectivity index (χ3v) is 4.07. The normalized spacial score (nSPS) is 12.1. The number of hydrogen-bond donors (Lipinski definition) is 0. The van der Waals surface area contributed by atoms with Crippen molar-refractivity contribution >= 4 is 34.2 Å². The maximum absolute atomic E-state index is 4.20. The van der Waals surface area contributed by atoms with Crippen LogP contribution in [0.15, 0.2) is 49.6 Å². The van der Waals surface area contributed by atoms with Crippen molar-refractivity contribution < 1.29 is 0 Å². The predicted octanol–water partition coefficient (Wildman–Crippen LogP) is 3.85. The lowest BCUT2D eigenvalue weighted by molar-refractivity contribution is 1.35. The minimum atomic E-state index is 1.04. The first-order chi connectivity index (χ1) is 9.75. The molecule has 3 aromatic rings. The first kappa shape index (κ1) is 12.7. The van der Waals surface area contributed by atoms with Gasteiger partial charge in [0.15, 0.2) is 0 Å². The Bertz CT molecular complexity index is 930. The summed E-state index contributed by atoms with van der Waals surface area (Å²) in [7, 11) is 0. The minimum absolute atomic E-state index is 1.04. The van der Waals surface area contributed by atoms with Crippen LogP contribution in [0.1, 0.15) is 11.1 Å². The first-order valence-corrected chi connectivity index (χ1v) is 6.89. The van der Waals surface area contributed by atoms with Gasteiger partial charge in [-0.3, -0.25) is 0 Å². The second-order valence-electron chi connectivity index (χ2n) is 5.18. The van der Waals surface area contributed by atoms with Crippen LogP contribution in [0.4, 0.5) is 0 Å². The molecule has 0 fully saturated rings. The third-order valence-electron chi connectivity index (χ3n) is 4.07. The molecule has 1 aliphatic rings. The second kappa shape index (κ2) is 4.64. The van der Waals surface area contributed by atoms with E-state index >= 15 is 0 Å². The summed E-state index contributed by atoms with van der Waals surface area (Å²) in [6.45, 7) is 12.4. The number of hydrogen-bond acceptors (Lipinski definition) is 0. The third kappa shape index (κ3) is 1.61. The molecule has 4 rings (SSSR count). The fraction of sp³-hybridized carbons (Fsp3) is 0.100. The van der Waals surface area contributed by atoms with Crippen molar-refractivity contribution in [1.29, 1.82) is 0 Å². The molecule has 3 aromatic carbocycles. The lowest BCUT2D eigenvalue weighted by Gasteiger charge is -2.15. The molecule has 98 valence electrons. The van der Waals surface area contributed by atoms with E-state index in [9.17, 15) is 0 Å². The molecule has 0 heterocycles. The van der Waals surface area contributed by atoms with Crippen LogP contribution in [0.25, 0.3) is 34.2 Å². The van der Waals surface area contributed by atoms with Gasteiger partial charge in [-0.1, -0.05) is 49.1 Å². The van der Waals surface area contributed by atoms with Gasteiger partial charge in [-0.15, -0.1) is 13.2 Å². The summed E-state index contributed by atoms with van der Waals surface area (Å²) < 4.78 is 0. The summed E-state index contributed by atoms with van der Waals surface area (Å²) >= 11 is 0. The molecule has 0 saturated heterocycles. The Labute approximate surface area is 119 Å². The van der Waals surface area contributed by atoms with Crippen LogP contribution >= 0.6 is 0 Å². The molecule has 0 spiro atoms. The van der Waals surface area contributed by atoms with E-state index in [1.54, 1.807) is 0 Å². The highest BCUT2D eigenvalue weighted by molar-refractivity contribution is 6.12. The average Bonchev–Trinajstić information content (AvgIpc) is 2.48. The van der Waals surface area contributed by atoms with Gasteiger partial charge in [-0.2, -0.15) is 0 Å². The molecule has 0 N–H and O–H groups in total. The number of rotatable bonds is 0. The molecule has 1 aliphatic carbocycles. The molecule has 0 heteroatoms. The summed E-state index contributed by atoms with van der Waals surface area (Å²) in [6, 6.07) is 13.3. The van der Waals surface area contributed by atoms with Gasteiger partial charge in [0.05, 0.1) is 0 Å². The zero-order valence-corrected chi connectivity index (χ0v) is 11.9. The molecule has 0 unspecified atom stereocenters. The fourth-order valence-corrected chi connectivity index (χ4v) is 3.29. The Balaban J connectivity index is 0.000000581. The van der Waals surface area contributed by atoms with Crippen LogP contribution in [0.3, 0.4) is 0 Å². The lowest BCUT2D eigenvalue weighted by Crippen LogP contribution is -2.15. The van der Waals surface area contributed by atoms with Gasteiger partial charge in [0.1, 0.15) is 0 Å². The standard InChI is InChI=1S/C18H14.C2H4/c1-11-6-7-14-9-8-13-4-3-5-15-10-12(2)16(11)18(14)17(13)15;1-2/h3-7,9-10H,1,8H2,2H3;1-2H2. The highest BCUT2D eigenvalue weighted by atomic mass is 14.2. The highest BCUT2D eigenvalue weighted by Crippen LogP contribution is 2.29. The van der Waals surface area contributed by atoms with Crippen LogP contribution in [-0.4, -0.2) is 0 Å². The second-order valence-corrected chi connectivity index (χ2v) is 5.18. The van der Waals surface area contributed by atoms with E-state index in [1.165, 1.54) is 37.9 Å². The summed E-state index contributed by atoms with van der Waals surface area (Å²) in [6.07, 6.45) is 3.38. The zero-order valence-electron chi connectivity index (χ0n) is 11.9. The van der Waals surface area contributed by atoms with Crippen LogP contribution in [0.2, 0.25) is 0 Å². The van der Waals surface area contributed by atoms with E-state index < -0.39 is 0 Å². The van der Waals surface area contributed by atoms with Crippen molar-refractivity contribution in [2.24, 2.45) is 0 Å². The van der Waals surface area contributed by atoms with Crippen molar-refractivity contribution in [3.05, 3.63) is 71.1 Å². The largest absolute Gasteiger partial charge is 0.106 e. The van der Waals surface area contributed by atoms with Gasteiger partial charge in [-0.05, 0) is 56.5 Å². The monoisotopic (exact) mass is 258 g/mol. The zero-order chi connectivity index (χ0) is 14.3. The molecule has 0 atom stereocenters. The van der Waals surface area contributed by atoms with E-state index in [0.29, 0.717) is 0 Å². The van der Waals surface area contributed by atoms with Gasteiger partial charge in [0.2, 0.25) is 0 Å². The molecule has 0 aromatic heterocycles. The van der Waals surface area contributed by atoms with Crippen LogP contribution in [0.5, 0.6) is 0 Å². The summed E-state index contributed by atoms with van der Waals surface area (Å²) in [5, 5.41) is 8.03. The van der Waals surface area contributed by atoms with Gasteiger partial charge in [-0.25, -0.2) is 0 Å². The van der Waals surface area contributed by atoms with Crippen molar-refractivity contribution in [3.8, 4) is 0 Å². The smallest absolute Gasteiger partial charge is 0.00246 e. The maximum atomic E-state index is 4.20. The lowest BCUT2D eigenvalue weighted by atomic mass is 9.88. The minimum Gasteiger partial charge on any atom is -0.106 e. The number of aryl methyl sites for hydroxylation is 1. The molecule has 0 aliphatic heterocycles. The van der Waals surface area contributed by atoms with Gasteiger partial charge >= 0.3 is 0 Å². The topological polar surface area (TPSA) is 0 Å². The quantitative estimate of drug-likeness (QED) is 0.424. The van der Waals surface area contributed by atoms with E-state index in [-0.39, 0.29) is 0 Å². The molecule has 0 amide bonds. The molecule has 20 heavy (non-hydrogen) atoms.